The number of carbonyl (C=O) groups is 2. The van der Waals surface area contributed by atoms with Crippen molar-refractivity contribution in [2.75, 3.05) is 47.4 Å². The van der Waals surface area contributed by atoms with Gasteiger partial charge in [0.1, 0.15) is 18.1 Å². The lowest BCUT2D eigenvalue weighted by molar-refractivity contribution is -0.295. The number of rotatable bonds is 12. The number of esters is 1. The fourth-order valence-electron chi connectivity index (χ4n) is 7.50. The zero-order valence-electron chi connectivity index (χ0n) is 31.2. The van der Waals surface area contributed by atoms with Crippen LogP contribution < -0.4 is 5.32 Å². The Morgan fingerprint density at radius 2 is 1.92 bits per heavy atom. The van der Waals surface area contributed by atoms with Crippen molar-refractivity contribution in [3.63, 3.8) is 0 Å². The van der Waals surface area contributed by atoms with Crippen LogP contribution in [0.5, 0.6) is 0 Å². The van der Waals surface area contributed by atoms with E-state index in [1.807, 2.05) is 45.1 Å². The Bertz CT molecular complexity index is 1140. The van der Waals surface area contributed by atoms with E-state index >= 15 is 0 Å². The van der Waals surface area contributed by atoms with E-state index in [1.165, 1.54) is 0 Å². The monoisotopic (exact) mass is 676 g/mol. The van der Waals surface area contributed by atoms with Crippen molar-refractivity contribution in [1.29, 1.82) is 0 Å². The van der Waals surface area contributed by atoms with Gasteiger partial charge in [-0.2, -0.15) is 0 Å². The second-order valence-electron chi connectivity index (χ2n) is 15.2. The van der Waals surface area contributed by atoms with E-state index in [-0.39, 0.29) is 36.5 Å². The molecule has 1 aromatic rings. The van der Waals surface area contributed by atoms with Crippen molar-refractivity contribution < 1.29 is 33.6 Å². The lowest BCUT2D eigenvalue weighted by Gasteiger charge is -2.47. The number of ketones is 1. The first-order valence-electron chi connectivity index (χ1n) is 17.9. The molecule has 2 N–H and O–H groups in total. The standard InChI is InChI=1S/C37H64N4O7/c1-11-18-41-23-25(2)20-37(7,45-10)33(48-34-31(42)30(40(8)9)19-26(3)47-34)27(4)32(43)36(5,6)35(44)46-24-29(41)15-13-17-39-22-28-14-12-16-38-21-28/h12,14,16,21,25-27,29-31,33-34,39,42H,11,13,15,17-20,22-24H2,1-10H3/t25?,26-,27?,29?,30+,31-,33?,34+,37?/m1/s1. The molecule has 11 nitrogen and oxygen atoms in total. The maximum atomic E-state index is 14.3. The SMILES string of the molecule is CCCN1CC(C)CC(C)(OC)C(O[C@@H]2O[C@H](C)C[C@H](N(C)C)[C@H]2O)C(C)C(=O)C(C)(C)C(=O)OCC1CCCNCc1cccnc1. The highest BCUT2D eigenvalue weighted by atomic mass is 16.7. The van der Waals surface area contributed by atoms with Gasteiger partial charge in [0, 0.05) is 50.6 Å². The number of aliphatic hydroxyl groups excluding tert-OH is 1. The zero-order chi connectivity index (χ0) is 35.6. The van der Waals surface area contributed by atoms with E-state index in [4.69, 9.17) is 18.9 Å². The highest BCUT2D eigenvalue weighted by Gasteiger charge is 2.51. The highest BCUT2D eigenvalue weighted by Crippen LogP contribution is 2.38. The quantitative estimate of drug-likeness (QED) is 0.189. The normalized spacial score (nSPS) is 34.2. The van der Waals surface area contributed by atoms with E-state index in [1.54, 1.807) is 34.1 Å². The van der Waals surface area contributed by atoms with Crippen LogP contribution in [-0.2, 0) is 35.1 Å². The van der Waals surface area contributed by atoms with Crippen LogP contribution in [0.4, 0.5) is 0 Å². The molecule has 48 heavy (non-hydrogen) atoms. The summed E-state index contributed by atoms with van der Waals surface area (Å²) in [6.45, 7) is 16.7. The van der Waals surface area contributed by atoms with Crippen LogP contribution in [0.2, 0.25) is 0 Å². The minimum Gasteiger partial charge on any atom is -0.463 e. The third-order valence-electron chi connectivity index (χ3n) is 10.3. The maximum absolute atomic E-state index is 14.3. The number of cyclic esters (lactones) is 1. The predicted molar refractivity (Wildman–Crippen MR) is 186 cm³/mol. The molecule has 3 heterocycles. The summed E-state index contributed by atoms with van der Waals surface area (Å²) in [4.78, 5) is 36.6. The first-order chi connectivity index (χ1) is 22.6. The van der Waals surface area contributed by atoms with Gasteiger partial charge < -0.3 is 34.3 Å². The van der Waals surface area contributed by atoms with Gasteiger partial charge in [-0.1, -0.05) is 26.8 Å². The molecule has 0 spiro atoms. The van der Waals surface area contributed by atoms with Crippen LogP contribution in [0.1, 0.15) is 86.1 Å². The molecule has 0 amide bonds. The van der Waals surface area contributed by atoms with Gasteiger partial charge in [-0.3, -0.25) is 19.5 Å². The number of hydrogen-bond acceptors (Lipinski definition) is 11. The number of ether oxygens (including phenoxy) is 4. The molecule has 3 rings (SSSR count). The van der Waals surface area contributed by atoms with E-state index in [2.05, 4.69) is 35.1 Å². The Labute approximate surface area is 289 Å². The molecule has 2 aliphatic heterocycles. The molecular formula is C37H64N4O7. The Hall–Kier alpha value is -1.99. The molecule has 0 aliphatic carbocycles. The maximum Gasteiger partial charge on any atom is 0.319 e. The Morgan fingerprint density at radius 3 is 2.54 bits per heavy atom. The summed E-state index contributed by atoms with van der Waals surface area (Å²) < 4.78 is 25.1. The topological polar surface area (TPSA) is 123 Å². The number of methoxy groups -OCH3 is 1. The average molecular weight is 677 g/mol. The first-order valence-corrected chi connectivity index (χ1v) is 17.9. The summed E-state index contributed by atoms with van der Waals surface area (Å²) in [5.74, 6) is -1.45. The van der Waals surface area contributed by atoms with Gasteiger partial charge in [-0.25, -0.2) is 0 Å². The Kier molecular flexibility index (Phi) is 15.4. The molecule has 2 fully saturated rings. The molecule has 274 valence electrons. The van der Waals surface area contributed by atoms with Gasteiger partial charge in [0.15, 0.2) is 12.1 Å². The van der Waals surface area contributed by atoms with Crippen molar-refractivity contribution in [2.45, 2.75) is 129 Å². The summed E-state index contributed by atoms with van der Waals surface area (Å²) >= 11 is 0. The minimum absolute atomic E-state index is 0.00305. The van der Waals surface area contributed by atoms with Crippen LogP contribution >= 0.6 is 0 Å². The van der Waals surface area contributed by atoms with Gasteiger partial charge in [-0.05, 0) is 105 Å². The molecular weight excluding hydrogens is 612 g/mol. The molecule has 9 atom stereocenters. The van der Waals surface area contributed by atoms with Gasteiger partial charge in [0.05, 0.1) is 17.8 Å². The fourth-order valence-corrected chi connectivity index (χ4v) is 7.50. The number of Topliss-reactive ketones (excluding diaryl/α,β-unsaturated/α-hetero) is 1. The first kappa shape index (κ1) is 40.4. The second kappa shape index (κ2) is 18.3. The molecule has 2 saturated heterocycles. The summed E-state index contributed by atoms with van der Waals surface area (Å²) in [5.41, 5.74) is -1.22. The Balaban J connectivity index is 1.89. The third-order valence-corrected chi connectivity index (χ3v) is 10.3. The highest BCUT2D eigenvalue weighted by molar-refractivity contribution is 6.04. The number of nitrogens with zero attached hydrogens (tertiary/aromatic N) is 3. The number of aromatic nitrogens is 1. The largest absolute Gasteiger partial charge is 0.463 e. The second-order valence-corrected chi connectivity index (χ2v) is 15.2. The van der Waals surface area contributed by atoms with E-state index in [0.717, 1.165) is 51.0 Å². The number of aliphatic hydroxyl groups is 1. The molecule has 0 radical (unpaired) electrons. The number of nitrogens with one attached hydrogen (secondary N) is 1. The number of pyridine rings is 1. The van der Waals surface area contributed by atoms with Crippen molar-refractivity contribution >= 4 is 11.8 Å². The van der Waals surface area contributed by atoms with Crippen LogP contribution in [-0.4, -0.2) is 121 Å². The predicted octanol–water partition coefficient (Wildman–Crippen LogP) is 4.06. The number of hydrogen-bond donors (Lipinski definition) is 2. The van der Waals surface area contributed by atoms with Crippen molar-refractivity contribution in [3.8, 4) is 0 Å². The average Bonchev–Trinajstić information content (AvgIpc) is 3.05. The van der Waals surface area contributed by atoms with Gasteiger partial charge in [0.2, 0.25) is 0 Å². The molecule has 0 bridgehead atoms. The van der Waals surface area contributed by atoms with Gasteiger partial charge in [-0.15, -0.1) is 0 Å². The summed E-state index contributed by atoms with van der Waals surface area (Å²) in [6.07, 6.45) is 4.71. The fraction of sp³-hybridized carbons (Fsp3) is 0.811. The molecule has 0 aromatic carbocycles. The van der Waals surface area contributed by atoms with Crippen LogP contribution in [0.15, 0.2) is 24.5 Å². The molecule has 5 unspecified atom stereocenters. The van der Waals surface area contributed by atoms with Crippen LogP contribution in [0.25, 0.3) is 0 Å². The summed E-state index contributed by atoms with van der Waals surface area (Å²) in [5, 5.41) is 14.9. The molecule has 1 aromatic heterocycles. The minimum atomic E-state index is -1.42. The smallest absolute Gasteiger partial charge is 0.319 e. The van der Waals surface area contributed by atoms with Crippen LogP contribution in [0, 0.1) is 17.3 Å². The number of likely N-dealkylation sites (N-methyl/N-ethyl adjacent to an activating group) is 1. The summed E-state index contributed by atoms with van der Waals surface area (Å²) in [6, 6.07) is 3.81. The molecule has 0 saturated carbocycles. The Morgan fingerprint density at radius 1 is 1.19 bits per heavy atom. The molecule has 11 heteroatoms. The van der Waals surface area contributed by atoms with Crippen molar-refractivity contribution in [2.24, 2.45) is 17.3 Å². The van der Waals surface area contributed by atoms with E-state index < -0.39 is 41.4 Å². The van der Waals surface area contributed by atoms with E-state index in [9.17, 15) is 14.7 Å². The lowest BCUT2D eigenvalue weighted by atomic mass is 9.74. The summed E-state index contributed by atoms with van der Waals surface area (Å²) in [7, 11) is 5.50. The molecule has 2 aliphatic rings. The van der Waals surface area contributed by atoms with Gasteiger partial charge in [0.25, 0.3) is 0 Å². The van der Waals surface area contributed by atoms with Gasteiger partial charge >= 0.3 is 5.97 Å². The van der Waals surface area contributed by atoms with E-state index in [0.29, 0.717) is 12.8 Å². The van der Waals surface area contributed by atoms with Crippen molar-refractivity contribution in [3.05, 3.63) is 30.1 Å². The van der Waals surface area contributed by atoms with Crippen molar-refractivity contribution in [1.82, 2.24) is 20.1 Å². The number of carbonyl (C=O) groups excluding carboxylic acids is 2. The van der Waals surface area contributed by atoms with Crippen LogP contribution in [0.3, 0.4) is 0 Å². The third kappa shape index (κ3) is 10.5. The lowest BCUT2D eigenvalue weighted by Crippen LogP contribution is -2.59. The zero-order valence-corrected chi connectivity index (χ0v) is 31.2.